The van der Waals surface area contributed by atoms with E-state index in [2.05, 4.69) is 10.6 Å². The van der Waals surface area contributed by atoms with Crippen molar-refractivity contribution in [2.75, 3.05) is 6.54 Å². The van der Waals surface area contributed by atoms with Crippen molar-refractivity contribution in [3.8, 4) is 0 Å². The maximum absolute atomic E-state index is 12.2. The maximum Gasteiger partial charge on any atom is 0.325 e. The van der Waals surface area contributed by atoms with Gasteiger partial charge in [0.25, 0.3) is 11.8 Å². The molecular formula is C18H27N3O6. The summed E-state index contributed by atoms with van der Waals surface area (Å²) in [6, 6.07) is -1.86. The minimum Gasteiger partial charge on any atom is -0.480 e. The number of hydrogen-bond acceptors (Lipinski definition) is 5. The standard InChI is InChI=1S/C18H27N3O6/c1-11(2)16(17(25)19-12(3)18(26)27)20-13(22)7-5-4-6-10-21-14(23)8-9-15(21)24/h8-9,11-12,16H,4-7,10H2,1-3H3,(H,19,25)(H,20,22)(H,26,27)/t12-,16?/m0/s1. The van der Waals surface area contributed by atoms with Gasteiger partial charge in [-0.3, -0.25) is 28.9 Å². The molecule has 3 N–H and O–H groups in total. The van der Waals surface area contributed by atoms with Crippen LogP contribution in [0.5, 0.6) is 0 Å². The van der Waals surface area contributed by atoms with Crippen LogP contribution in [-0.4, -0.2) is 58.2 Å². The molecule has 0 saturated carbocycles. The first-order valence-corrected chi connectivity index (χ1v) is 8.99. The summed E-state index contributed by atoms with van der Waals surface area (Å²) in [6.07, 6.45) is 4.46. The molecule has 1 aliphatic rings. The number of carboxylic acids is 1. The number of imide groups is 1. The van der Waals surface area contributed by atoms with E-state index in [4.69, 9.17) is 5.11 Å². The van der Waals surface area contributed by atoms with Gasteiger partial charge in [-0.2, -0.15) is 0 Å². The molecule has 0 spiro atoms. The van der Waals surface area contributed by atoms with Crippen molar-refractivity contribution in [2.45, 2.75) is 58.5 Å². The summed E-state index contributed by atoms with van der Waals surface area (Å²) >= 11 is 0. The lowest BCUT2D eigenvalue weighted by atomic mass is 10.0. The molecule has 0 aromatic heterocycles. The zero-order chi connectivity index (χ0) is 20.6. The summed E-state index contributed by atoms with van der Waals surface area (Å²) < 4.78 is 0. The number of aliphatic carboxylic acids is 1. The van der Waals surface area contributed by atoms with Crippen LogP contribution in [0.3, 0.4) is 0 Å². The molecule has 0 fully saturated rings. The SMILES string of the molecule is CC(C)C(NC(=O)CCCCCN1C(=O)C=CC1=O)C(=O)N[C@@H](C)C(=O)O. The van der Waals surface area contributed by atoms with E-state index in [0.29, 0.717) is 25.8 Å². The van der Waals surface area contributed by atoms with E-state index in [1.807, 2.05) is 0 Å². The van der Waals surface area contributed by atoms with Crippen LogP contribution in [-0.2, 0) is 24.0 Å². The van der Waals surface area contributed by atoms with Crippen LogP contribution in [0.15, 0.2) is 12.2 Å². The number of nitrogens with zero attached hydrogens (tertiary/aromatic N) is 1. The molecule has 27 heavy (non-hydrogen) atoms. The molecule has 1 rings (SSSR count). The van der Waals surface area contributed by atoms with E-state index >= 15 is 0 Å². The molecule has 0 bridgehead atoms. The number of nitrogens with one attached hydrogen (secondary N) is 2. The Morgan fingerprint density at radius 2 is 1.59 bits per heavy atom. The summed E-state index contributed by atoms with van der Waals surface area (Å²) in [5.41, 5.74) is 0. The van der Waals surface area contributed by atoms with Gasteiger partial charge in [-0.25, -0.2) is 0 Å². The Morgan fingerprint density at radius 3 is 2.11 bits per heavy atom. The van der Waals surface area contributed by atoms with Gasteiger partial charge in [0.05, 0.1) is 0 Å². The van der Waals surface area contributed by atoms with Gasteiger partial charge < -0.3 is 15.7 Å². The van der Waals surface area contributed by atoms with Crippen LogP contribution in [0.2, 0.25) is 0 Å². The van der Waals surface area contributed by atoms with Crippen molar-refractivity contribution in [2.24, 2.45) is 5.92 Å². The van der Waals surface area contributed by atoms with Gasteiger partial charge in [-0.05, 0) is 25.7 Å². The molecule has 1 heterocycles. The predicted molar refractivity (Wildman–Crippen MR) is 96.3 cm³/mol. The van der Waals surface area contributed by atoms with Crippen LogP contribution in [0.25, 0.3) is 0 Å². The third-order valence-corrected chi connectivity index (χ3v) is 4.18. The molecule has 0 aliphatic carbocycles. The lowest BCUT2D eigenvalue weighted by Crippen LogP contribution is -2.53. The van der Waals surface area contributed by atoms with Crippen molar-refractivity contribution in [1.29, 1.82) is 0 Å². The van der Waals surface area contributed by atoms with Crippen molar-refractivity contribution < 1.29 is 29.1 Å². The summed E-state index contributed by atoms with van der Waals surface area (Å²) in [5.74, 6) is -2.83. The second-order valence-corrected chi connectivity index (χ2v) is 6.83. The molecular weight excluding hydrogens is 354 g/mol. The highest BCUT2D eigenvalue weighted by molar-refractivity contribution is 6.12. The third kappa shape index (κ3) is 7.20. The summed E-state index contributed by atoms with van der Waals surface area (Å²) in [6.45, 7) is 5.18. The largest absolute Gasteiger partial charge is 0.480 e. The maximum atomic E-state index is 12.2. The lowest BCUT2D eigenvalue weighted by molar-refractivity contribution is -0.142. The van der Waals surface area contributed by atoms with E-state index in [9.17, 15) is 24.0 Å². The number of carbonyl (C=O) groups excluding carboxylic acids is 4. The van der Waals surface area contributed by atoms with Crippen LogP contribution in [0.4, 0.5) is 0 Å². The van der Waals surface area contributed by atoms with E-state index in [1.54, 1.807) is 13.8 Å². The van der Waals surface area contributed by atoms with Crippen molar-refractivity contribution in [3.63, 3.8) is 0 Å². The summed E-state index contributed by atoms with van der Waals surface area (Å²) in [5, 5.41) is 13.8. The topological polar surface area (TPSA) is 133 Å². The van der Waals surface area contributed by atoms with Gasteiger partial charge in [0.15, 0.2) is 0 Å². The van der Waals surface area contributed by atoms with Crippen molar-refractivity contribution in [3.05, 3.63) is 12.2 Å². The van der Waals surface area contributed by atoms with Crippen LogP contribution >= 0.6 is 0 Å². The van der Waals surface area contributed by atoms with Gasteiger partial charge in [-0.1, -0.05) is 20.3 Å². The average Bonchev–Trinajstić information content (AvgIpc) is 2.90. The number of rotatable bonds is 11. The average molecular weight is 381 g/mol. The number of carboxylic acid groups (broad SMARTS) is 1. The lowest BCUT2D eigenvalue weighted by Gasteiger charge is -2.23. The van der Waals surface area contributed by atoms with Gasteiger partial charge in [-0.15, -0.1) is 0 Å². The molecule has 0 radical (unpaired) electrons. The monoisotopic (exact) mass is 381 g/mol. The normalized spacial score (nSPS) is 15.8. The second kappa shape index (κ2) is 10.4. The Kier molecular flexibility index (Phi) is 8.64. The molecule has 9 nitrogen and oxygen atoms in total. The fraction of sp³-hybridized carbons (Fsp3) is 0.611. The van der Waals surface area contributed by atoms with Gasteiger partial charge in [0, 0.05) is 25.1 Å². The third-order valence-electron chi connectivity index (χ3n) is 4.18. The quantitative estimate of drug-likeness (QED) is 0.346. The Morgan fingerprint density at radius 1 is 1.00 bits per heavy atom. The molecule has 0 aromatic rings. The minimum absolute atomic E-state index is 0.199. The van der Waals surface area contributed by atoms with Crippen LogP contribution in [0.1, 0.15) is 46.5 Å². The van der Waals surface area contributed by atoms with E-state index < -0.39 is 24.0 Å². The second-order valence-electron chi connectivity index (χ2n) is 6.83. The van der Waals surface area contributed by atoms with Crippen LogP contribution in [0, 0.1) is 5.92 Å². The highest BCUT2D eigenvalue weighted by atomic mass is 16.4. The van der Waals surface area contributed by atoms with Gasteiger partial charge in [0.2, 0.25) is 11.8 Å². The first-order chi connectivity index (χ1) is 12.6. The Bertz CT molecular complexity index is 611. The first kappa shape index (κ1) is 22.3. The zero-order valence-corrected chi connectivity index (χ0v) is 15.9. The zero-order valence-electron chi connectivity index (χ0n) is 15.9. The fourth-order valence-electron chi connectivity index (χ4n) is 2.53. The van der Waals surface area contributed by atoms with E-state index in [-0.39, 0.29) is 30.1 Å². The molecule has 0 saturated heterocycles. The molecule has 9 heteroatoms. The molecule has 1 unspecified atom stereocenters. The minimum atomic E-state index is -1.15. The molecule has 4 amide bonds. The Hall–Kier alpha value is -2.71. The summed E-state index contributed by atoms with van der Waals surface area (Å²) in [7, 11) is 0. The van der Waals surface area contributed by atoms with Gasteiger partial charge in [0.1, 0.15) is 12.1 Å². The predicted octanol–water partition coefficient (Wildman–Crippen LogP) is 0.202. The fourth-order valence-corrected chi connectivity index (χ4v) is 2.53. The molecule has 2 atom stereocenters. The van der Waals surface area contributed by atoms with Crippen LogP contribution < -0.4 is 10.6 Å². The first-order valence-electron chi connectivity index (χ1n) is 8.99. The number of unbranched alkanes of at least 4 members (excludes halogenated alkanes) is 2. The number of amides is 4. The highest BCUT2D eigenvalue weighted by Crippen LogP contribution is 2.08. The number of carbonyl (C=O) groups is 5. The Balaban J connectivity index is 2.33. The smallest absolute Gasteiger partial charge is 0.325 e. The van der Waals surface area contributed by atoms with Gasteiger partial charge >= 0.3 is 5.97 Å². The highest BCUT2D eigenvalue weighted by Gasteiger charge is 2.26. The van der Waals surface area contributed by atoms with E-state index in [0.717, 1.165) is 4.90 Å². The molecule has 0 aromatic carbocycles. The van der Waals surface area contributed by atoms with Crippen molar-refractivity contribution >= 4 is 29.6 Å². The Labute approximate surface area is 158 Å². The summed E-state index contributed by atoms with van der Waals surface area (Å²) in [4.78, 5) is 59.0. The number of hydrogen-bond donors (Lipinski definition) is 3. The molecule has 1 aliphatic heterocycles. The molecule has 150 valence electrons. The van der Waals surface area contributed by atoms with Crippen molar-refractivity contribution in [1.82, 2.24) is 15.5 Å². The van der Waals surface area contributed by atoms with E-state index in [1.165, 1.54) is 19.1 Å².